The maximum atomic E-state index is 13.2. The summed E-state index contributed by atoms with van der Waals surface area (Å²) in [6, 6.07) is 22.7. The molecule has 30 heavy (non-hydrogen) atoms. The van der Waals surface area contributed by atoms with Crippen molar-refractivity contribution >= 4 is 23.2 Å². The van der Waals surface area contributed by atoms with E-state index in [1.807, 2.05) is 72.8 Å². The van der Waals surface area contributed by atoms with E-state index < -0.39 is 6.10 Å². The lowest BCUT2D eigenvalue weighted by molar-refractivity contribution is -0.127. The number of nitrogens with two attached hydrogens (primary N) is 1. The van der Waals surface area contributed by atoms with Gasteiger partial charge in [-0.1, -0.05) is 48.0 Å². The monoisotopic (exact) mass is 422 g/mol. The van der Waals surface area contributed by atoms with Crippen molar-refractivity contribution in [1.82, 2.24) is 0 Å². The van der Waals surface area contributed by atoms with E-state index in [4.69, 9.17) is 26.8 Å². The minimum absolute atomic E-state index is 0.0806. The number of ether oxygens (including phenoxy) is 2. The maximum Gasteiger partial charge on any atom is 0.268 e. The van der Waals surface area contributed by atoms with E-state index in [0.717, 1.165) is 22.6 Å². The Morgan fingerprint density at radius 1 is 1.00 bits per heavy atom. The van der Waals surface area contributed by atoms with E-state index in [2.05, 4.69) is 0 Å². The van der Waals surface area contributed by atoms with E-state index in [9.17, 15) is 4.79 Å². The molecule has 1 aliphatic heterocycles. The Morgan fingerprint density at radius 2 is 1.80 bits per heavy atom. The molecule has 0 fully saturated rings. The second-order valence-corrected chi connectivity index (χ2v) is 7.55. The molecule has 1 heterocycles. The molecule has 0 spiro atoms. The third-order valence-corrected chi connectivity index (χ3v) is 5.26. The molecular weight excluding hydrogens is 400 g/mol. The van der Waals surface area contributed by atoms with Gasteiger partial charge in [0, 0.05) is 18.0 Å². The predicted octanol–water partition coefficient (Wildman–Crippen LogP) is 4.56. The van der Waals surface area contributed by atoms with Crippen molar-refractivity contribution in [3.05, 3.63) is 88.9 Å². The van der Waals surface area contributed by atoms with Crippen LogP contribution in [0.5, 0.6) is 11.5 Å². The van der Waals surface area contributed by atoms with Crippen molar-refractivity contribution in [3.63, 3.8) is 0 Å². The summed E-state index contributed by atoms with van der Waals surface area (Å²) in [5.41, 5.74) is 8.45. The topological polar surface area (TPSA) is 64.8 Å². The van der Waals surface area contributed by atoms with Gasteiger partial charge in [0.2, 0.25) is 0 Å². The molecule has 0 saturated carbocycles. The first-order valence-corrected chi connectivity index (χ1v) is 10.2. The highest BCUT2D eigenvalue weighted by Crippen LogP contribution is 2.35. The highest BCUT2D eigenvalue weighted by atomic mass is 35.5. The van der Waals surface area contributed by atoms with Crippen molar-refractivity contribution < 1.29 is 14.3 Å². The molecule has 0 bridgehead atoms. The molecule has 154 valence electrons. The summed E-state index contributed by atoms with van der Waals surface area (Å²) < 4.78 is 11.8. The quantitative estimate of drug-likeness (QED) is 0.606. The summed E-state index contributed by atoms with van der Waals surface area (Å²) in [6.45, 7) is 1.27. The fraction of sp³-hybridized carbons (Fsp3) is 0.208. The van der Waals surface area contributed by atoms with Gasteiger partial charge in [0.15, 0.2) is 6.10 Å². The van der Waals surface area contributed by atoms with Gasteiger partial charge in [-0.15, -0.1) is 0 Å². The summed E-state index contributed by atoms with van der Waals surface area (Å²) in [4.78, 5) is 15.0. The van der Waals surface area contributed by atoms with Crippen molar-refractivity contribution in [2.24, 2.45) is 5.73 Å². The average molecular weight is 423 g/mol. The number of hydrogen-bond acceptors (Lipinski definition) is 4. The third-order valence-electron chi connectivity index (χ3n) is 5.00. The van der Waals surface area contributed by atoms with Crippen molar-refractivity contribution in [1.29, 1.82) is 0 Å². The summed E-state index contributed by atoms with van der Waals surface area (Å²) in [5.74, 6) is 1.35. The molecule has 0 aliphatic carbocycles. The van der Waals surface area contributed by atoms with Crippen LogP contribution >= 0.6 is 11.6 Å². The van der Waals surface area contributed by atoms with E-state index in [1.54, 1.807) is 4.90 Å². The molecule has 1 aliphatic rings. The minimum Gasteiger partial charge on any atom is -0.493 e. The largest absolute Gasteiger partial charge is 0.493 e. The average Bonchev–Trinajstić information content (AvgIpc) is 2.78. The number of amides is 1. The Balaban J connectivity index is 1.47. The molecule has 6 heteroatoms. The van der Waals surface area contributed by atoms with Crippen molar-refractivity contribution in [2.75, 3.05) is 11.5 Å². The van der Waals surface area contributed by atoms with Crippen LogP contribution in [0.3, 0.4) is 0 Å². The van der Waals surface area contributed by atoms with Gasteiger partial charge in [-0.05, 0) is 47.5 Å². The Morgan fingerprint density at radius 3 is 2.60 bits per heavy atom. The Labute approximate surface area is 181 Å². The maximum absolute atomic E-state index is 13.2. The third kappa shape index (κ3) is 4.58. The van der Waals surface area contributed by atoms with Crippen LogP contribution in [0.1, 0.15) is 17.5 Å². The molecule has 1 atom stereocenters. The van der Waals surface area contributed by atoms with E-state index in [1.165, 1.54) is 0 Å². The van der Waals surface area contributed by atoms with Gasteiger partial charge in [0.25, 0.3) is 5.91 Å². The van der Waals surface area contributed by atoms with Crippen LogP contribution in [0.25, 0.3) is 0 Å². The molecule has 4 rings (SSSR count). The SMILES string of the molecule is NCc1cccc(OCCC2Oc3ccccc3N(Cc3ccc(Cl)cc3)C2=O)c1. The van der Waals surface area contributed by atoms with Gasteiger partial charge in [0.1, 0.15) is 11.5 Å². The summed E-state index contributed by atoms with van der Waals surface area (Å²) >= 11 is 5.99. The number of hydrogen-bond donors (Lipinski definition) is 1. The second-order valence-electron chi connectivity index (χ2n) is 7.11. The molecule has 0 aromatic heterocycles. The zero-order valence-corrected chi connectivity index (χ0v) is 17.2. The fourth-order valence-corrected chi connectivity index (χ4v) is 3.57. The molecule has 3 aromatic rings. The predicted molar refractivity (Wildman–Crippen MR) is 118 cm³/mol. The van der Waals surface area contributed by atoms with E-state index in [-0.39, 0.29) is 5.91 Å². The van der Waals surface area contributed by atoms with E-state index >= 15 is 0 Å². The van der Waals surface area contributed by atoms with Gasteiger partial charge in [-0.2, -0.15) is 0 Å². The van der Waals surface area contributed by atoms with Gasteiger partial charge in [-0.3, -0.25) is 4.79 Å². The highest BCUT2D eigenvalue weighted by molar-refractivity contribution is 6.30. The molecule has 5 nitrogen and oxygen atoms in total. The first-order chi connectivity index (χ1) is 14.6. The molecule has 0 radical (unpaired) electrons. The molecule has 0 saturated heterocycles. The summed E-state index contributed by atoms with van der Waals surface area (Å²) in [5, 5.41) is 0.668. The lowest BCUT2D eigenvalue weighted by Gasteiger charge is -2.34. The molecular formula is C24H23ClN2O3. The molecule has 1 unspecified atom stereocenters. The minimum atomic E-state index is -0.607. The number of nitrogens with zero attached hydrogens (tertiary/aromatic N) is 1. The van der Waals surface area contributed by atoms with Crippen molar-refractivity contribution in [3.8, 4) is 11.5 Å². The number of rotatable bonds is 7. The number of fused-ring (bicyclic) bond motifs is 1. The zero-order valence-electron chi connectivity index (χ0n) is 16.5. The van der Waals surface area contributed by atoms with Crippen LogP contribution in [0.2, 0.25) is 5.02 Å². The Kier molecular flexibility index (Phi) is 6.21. The molecule has 1 amide bonds. The Hall–Kier alpha value is -3.02. The van der Waals surface area contributed by atoms with Crippen LogP contribution in [-0.2, 0) is 17.9 Å². The van der Waals surface area contributed by atoms with Crippen LogP contribution in [0, 0.1) is 0 Å². The first-order valence-electron chi connectivity index (χ1n) is 9.87. The first kappa shape index (κ1) is 20.3. The zero-order chi connectivity index (χ0) is 20.9. The lowest BCUT2D eigenvalue weighted by Crippen LogP contribution is -2.46. The Bertz CT molecular complexity index is 1020. The molecule has 3 aromatic carbocycles. The number of benzene rings is 3. The summed E-state index contributed by atoms with van der Waals surface area (Å²) in [7, 11) is 0. The summed E-state index contributed by atoms with van der Waals surface area (Å²) in [6.07, 6.45) is -0.165. The normalized spacial score (nSPS) is 15.5. The van der Waals surface area contributed by atoms with Gasteiger partial charge in [0.05, 0.1) is 18.8 Å². The van der Waals surface area contributed by atoms with Crippen LogP contribution in [0.15, 0.2) is 72.8 Å². The van der Waals surface area contributed by atoms with Gasteiger partial charge in [-0.25, -0.2) is 0 Å². The second kappa shape index (κ2) is 9.20. The van der Waals surface area contributed by atoms with Crippen molar-refractivity contribution in [2.45, 2.75) is 25.6 Å². The molecule has 2 N–H and O–H groups in total. The number of halogens is 1. The van der Waals surface area contributed by atoms with Gasteiger partial charge >= 0.3 is 0 Å². The van der Waals surface area contributed by atoms with Crippen LogP contribution in [0.4, 0.5) is 5.69 Å². The highest BCUT2D eigenvalue weighted by Gasteiger charge is 2.34. The van der Waals surface area contributed by atoms with Crippen LogP contribution in [-0.4, -0.2) is 18.6 Å². The van der Waals surface area contributed by atoms with Gasteiger partial charge < -0.3 is 20.1 Å². The standard InChI is InChI=1S/C24H23ClN2O3/c25-19-10-8-17(9-11-19)16-27-21-6-1-2-7-22(21)30-23(24(27)28)12-13-29-20-5-3-4-18(14-20)15-26/h1-11,14,23H,12-13,15-16,26H2. The number of para-hydroxylation sites is 2. The number of carbonyl (C=O) groups excluding carboxylic acids is 1. The van der Waals surface area contributed by atoms with Crippen LogP contribution < -0.4 is 20.1 Å². The van der Waals surface area contributed by atoms with E-state index in [0.29, 0.717) is 36.9 Å². The fourth-order valence-electron chi connectivity index (χ4n) is 3.44. The number of anilines is 1. The lowest BCUT2D eigenvalue weighted by atomic mass is 10.1. The smallest absolute Gasteiger partial charge is 0.268 e. The number of carbonyl (C=O) groups is 1.